The number of unbranched alkanes of at least 4 members (excludes halogenated alkanes) is 1. The highest BCUT2D eigenvalue weighted by molar-refractivity contribution is 6.31. The number of hydrogen-bond acceptors (Lipinski definition) is 6. The number of carboxylic acid groups (broad SMARTS) is 1. The van der Waals surface area contributed by atoms with Crippen LogP contribution in [0, 0.1) is 11.6 Å². The number of hydrogen-bond donors (Lipinski definition) is 3. The van der Waals surface area contributed by atoms with E-state index in [0.717, 1.165) is 29.4 Å². The minimum atomic E-state index is -1.82. The van der Waals surface area contributed by atoms with Gasteiger partial charge in [0.1, 0.15) is 11.6 Å². The quantitative estimate of drug-likeness (QED) is 0.214. The average Bonchev–Trinajstić information content (AvgIpc) is 3.31. The van der Waals surface area contributed by atoms with E-state index in [2.05, 4.69) is 10.4 Å². The number of ether oxygens (including phenoxy) is 1. The van der Waals surface area contributed by atoms with Crippen molar-refractivity contribution < 1.29 is 38.1 Å². The number of amides is 1. The lowest BCUT2D eigenvalue weighted by molar-refractivity contribution is -0.155. The second kappa shape index (κ2) is 13.5. The minimum absolute atomic E-state index is 0.0624. The number of rotatable bonds is 12. The van der Waals surface area contributed by atoms with Gasteiger partial charge in [-0.3, -0.25) is 9.48 Å². The molecule has 0 radical (unpaired) electrons. The van der Waals surface area contributed by atoms with Gasteiger partial charge in [-0.25, -0.2) is 18.4 Å². The van der Waals surface area contributed by atoms with Gasteiger partial charge in [-0.05, 0) is 36.6 Å². The Labute approximate surface area is 232 Å². The van der Waals surface area contributed by atoms with Gasteiger partial charge in [-0.15, -0.1) is 0 Å². The number of carbonyl (C=O) groups is 3. The number of benzene rings is 2. The summed E-state index contributed by atoms with van der Waals surface area (Å²) in [6, 6.07) is 7.01. The van der Waals surface area contributed by atoms with Crippen LogP contribution in [0.3, 0.4) is 0 Å². The first-order valence-electron chi connectivity index (χ1n) is 11.8. The van der Waals surface area contributed by atoms with Crippen LogP contribution in [0.1, 0.15) is 51.7 Å². The van der Waals surface area contributed by atoms with Crippen LogP contribution in [-0.4, -0.2) is 56.6 Å². The van der Waals surface area contributed by atoms with Crippen LogP contribution in [0.15, 0.2) is 42.6 Å². The molecule has 0 fully saturated rings. The molecular formula is C26H25Cl2F2N3O6. The Hall–Kier alpha value is -3.54. The highest BCUT2D eigenvalue weighted by atomic mass is 35.5. The lowest BCUT2D eigenvalue weighted by atomic mass is 10.0. The second-order valence-corrected chi connectivity index (χ2v) is 9.40. The molecule has 0 aliphatic heterocycles. The molecular weight excluding hydrogens is 559 g/mol. The van der Waals surface area contributed by atoms with Crippen LogP contribution in [0.25, 0.3) is 0 Å². The third-order valence-corrected chi connectivity index (χ3v) is 6.37. The summed E-state index contributed by atoms with van der Waals surface area (Å²) in [4.78, 5) is 37.7. The van der Waals surface area contributed by atoms with Crippen LogP contribution in [-0.2, 0) is 22.5 Å². The van der Waals surface area contributed by atoms with E-state index in [1.807, 2.05) is 6.92 Å². The van der Waals surface area contributed by atoms with Gasteiger partial charge in [-0.1, -0.05) is 54.7 Å². The van der Waals surface area contributed by atoms with Crippen molar-refractivity contribution in [1.82, 2.24) is 15.1 Å². The number of nitrogens with one attached hydrogen (secondary N) is 1. The standard InChI is InChI=1S/C26H25Cl2F2N3O6/c1-2-3-8-39-26(38)23(34)21(9-14-6-4-5-7-18(14)28)32-24(35)16-12-31-33(22(16)25(36)37)13-17-19(29)10-15(27)11-20(17)30/h4-7,10-12,21,23,34H,2-3,8-9,13H2,1H3,(H,32,35)(H,36,37)/t21-,23-/m1/s1. The van der Waals surface area contributed by atoms with Crippen LogP contribution in [0.2, 0.25) is 10.0 Å². The van der Waals surface area contributed by atoms with Gasteiger partial charge in [0.05, 0.1) is 31.0 Å². The van der Waals surface area contributed by atoms with Gasteiger partial charge in [-0.2, -0.15) is 5.10 Å². The number of aromatic carboxylic acids is 1. The predicted octanol–water partition coefficient (Wildman–Crippen LogP) is 4.26. The summed E-state index contributed by atoms with van der Waals surface area (Å²) in [6.45, 7) is 1.30. The monoisotopic (exact) mass is 583 g/mol. The lowest BCUT2D eigenvalue weighted by Gasteiger charge is -2.23. The Bertz CT molecular complexity index is 1340. The molecule has 1 amide bonds. The zero-order valence-corrected chi connectivity index (χ0v) is 22.2. The van der Waals surface area contributed by atoms with Gasteiger partial charge >= 0.3 is 11.9 Å². The fraction of sp³-hybridized carbons (Fsp3) is 0.308. The molecule has 39 heavy (non-hydrogen) atoms. The lowest BCUT2D eigenvalue weighted by Crippen LogP contribution is -2.49. The van der Waals surface area contributed by atoms with E-state index in [-0.39, 0.29) is 18.1 Å². The minimum Gasteiger partial charge on any atom is -0.477 e. The summed E-state index contributed by atoms with van der Waals surface area (Å²) in [5, 5.41) is 26.9. The molecule has 0 bridgehead atoms. The summed E-state index contributed by atoms with van der Waals surface area (Å²) in [6.07, 6.45) is 0.295. The number of carboxylic acids is 1. The topological polar surface area (TPSA) is 131 Å². The van der Waals surface area contributed by atoms with Crippen LogP contribution < -0.4 is 5.32 Å². The molecule has 2 atom stereocenters. The predicted molar refractivity (Wildman–Crippen MR) is 138 cm³/mol. The second-order valence-electron chi connectivity index (χ2n) is 8.56. The molecule has 9 nitrogen and oxygen atoms in total. The summed E-state index contributed by atoms with van der Waals surface area (Å²) in [7, 11) is 0. The van der Waals surface area contributed by atoms with Crippen molar-refractivity contribution in [2.45, 2.75) is 44.9 Å². The fourth-order valence-electron chi connectivity index (χ4n) is 3.73. The van der Waals surface area contributed by atoms with Crippen molar-refractivity contribution in [3.05, 3.63) is 86.7 Å². The smallest absolute Gasteiger partial charge is 0.355 e. The van der Waals surface area contributed by atoms with E-state index in [4.69, 9.17) is 27.9 Å². The van der Waals surface area contributed by atoms with Crippen molar-refractivity contribution in [1.29, 1.82) is 0 Å². The number of carbonyl (C=O) groups excluding carboxylic acids is 2. The molecule has 0 saturated heterocycles. The molecule has 3 aromatic rings. The van der Waals surface area contributed by atoms with E-state index in [9.17, 15) is 33.4 Å². The number of aliphatic hydroxyl groups excluding tert-OH is 1. The van der Waals surface area contributed by atoms with Gasteiger partial charge in [0.2, 0.25) is 0 Å². The molecule has 1 aromatic heterocycles. The first-order chi connectivity index (χ1) is 18.5. The van der Waals surface area contributed by atoms with E-state index < -0.39 is 65.0 Å². The van der Waals surface area contributed by atoms with E-state index >= 15 is 0 Å². The third-order valence-electron chi connectivity index (χ3n) is 5.78. The van der Waals surface area contributed by atoms with Crippen molar-refractivity contribution in [2.24, 2.45) is 0 Å². The molecule has 0 aliphatic rings. The van der Waals surface area contributed by atoms with E-state index in [1.54, 1.807) is 24.3 Å². The number of nitrogens with zero attached hydrogens (tertiary/aromatic N) is 2. The molecule has 0 unspecified atom stereocenters. The van der Waals surface area contributed by atoms with Crippen molar-refractivity contribution in [2.75, 3.05) is 6.61 Å². The van der Waals surface area contributed by atoms with Gasteiger partial charge in [0, 0.05) is 15.6 Å². The average molecular weight is 584 g/mol. The van der Waals surface area contributed by atoms with Crippen LogP contribution in [0.5, 0.6) is 0 Å². The van der Waals surface area contributed by atoms with Crippen LogP contribution in [0.4, 0.5) is 8.78 Å². The maximum Gasteiger partial charge on any atom is 0.355 e. The first-order valence-corrected chi connectivity index (χ1v) is 12.6. The van der Waals surface area contributed by atoms with Crippen molar-refractivity contribution in [3.8, 4) is 0 Å². The molecule has 0 saturated carbocycles. The van der Waals surface area contributed by atoms with E-state index in [0.29, 0.717) is 17.0 Å². The summed E-state index contributed by atoms with van der Waals surface area (Å²) in [5.74, 6) is -5.64. The van der Waals surface area contributed by atoms with Gasteiger partial charge < -0.3 is 20.3 Å². The highest BCUT2D eigenvalue weighted by Crippen LogP contribution is 2.22. The molecule has 1 heterocycles. The summed E-state index contributed by atoms with van der Waals surface area (Å²) in [5.41, 5.74) is -1.16. The number of halogens is 4. The van der Waals surface area contributed by atoms with E-state index in [1.165, 1.54) is 0 Å². The molecule has 3 rings (SSSR count). The molecule has 2 aromatic carbocycles. The number of aliphatic hydroxyl groups is 1. The third kappa shape index (κ3) is 7.53. The van der Waals surface area contributed by atoms with Crippen LogP contribution >= 0.6 is 23.2 Å². The fourth-order valence-corrected chi connectivity index (χ4v) is 4.13. The Morgan fingerprint density at radius 1 is 1.15 bits per heavy atom. The van der Waals surface area contributed by atoms with Gasteiger partial charge in [0.15, 0.2) is 11.8 Å². The normalized spacial score (nSPS) is 12.6. The SMILES string of the molecule is CCCCOC(=O)[C@H](O)[C@@H](Cc1ccccc1Cl)NC(=O)c1cnn(Cc2c(F)cc(Cl)cc2F)c1C(=O)O. The van der Waals surface area contributed by atoms with Crippen molar-refractivity contribution in [3.63, 3.8) is 0 Å². The molecule has 13 heteroatoms. The largest absolute Gasteiger partial charge is 0.477 e. The molecule has 3 N–H and O–H groups in total. The molecule has 0 spiro atoms. The Kier molecular flexibility index (Phi) is 10.4. The maximum absolute atomic E-state index is 14.3. The first kappa shape index (κ1) is 30.0. The Morgan fingerprint density at radius 3 is 2.44 bits per heavy atom. The zero-order chi connectivity index (χ0) is 28.7. The van der Waals surface area contributed by atoms with Crippen molar-refractivity contribution >= 4 is 41.0 Å². The zero-order valence-electron chi connectivity index (χ0n) is 20.7. The van der Waals surface area contributed by atoms with Gasteiger partial charge in [0.25, 0.3) is 5.91 Å². The summed E-state index contributed by atoms with van der Waals surface area (Å²) < 4.78 is 34.4. The number of esters is 1. The Balaban J connectivity index is 1.91. The summed E-state index contributed by atoms with van der Waals surface area (Å²) >= 11 is 11.9. The maximum atomic E-state index is 14.3. The highest BCUT2D eigenvalue weighted by Gasteiger charge is 2.32. The Morgan fingerprint density at radius 2 is 1.82 bits per heavy atom. The molecule has 208 valence electrons. The number of aromatic nitrogens is 2. The molecule has 0 aliphatic carbocycles.